The van der Waals surface area contributed by atoms with Crippen molar-refractivity contribution in [3.8, 4) is 0 Å². The predicted molar refractivity (Wildman–Crippen MR) is 103 cm³/mol. The first kappa shape index (κ1) is 17.9. The summed E-state index contributed by atoms with van der Waals surface area (Å²) in [5.41, 5.74) is 2.51. The summed E-state index contributed by atoms with van der Waals surface area (Å²) in [5.74, 6) is -1.05. The average Bonchev–Trinajstić information content (AvgIpc) is 2.70. The zero-order valence-corrected chi connectivity index (χ0v) is 14.9. The molecule has 2 aromatic carbocycles. The quantitative estimate of drug-likeness (QED) is 0.830. The molecule has 3 rings (SSSR count). The fraction of sp³-hybridized carbons (Fsp3) is 0.300. The maximum atomic E-state index is 12.3. The number of piperazine rings is 1. The molecule has 6 nitrogen and oxygen atoms in total. The van der Waals surface area contributed by atoms with E-state index in [9.17, 15) is 9.59 Å². The van der Waals surface area contributed by atoms with E-state index in [1.807, 2.05) is 42.5 Å². The molecule has 0 spiro atoms. The van der Waals surface area contributed by atoms with Crippen LogP contribution in [0.1, 0.15) is 6.92 Å². The molecule has 0 atom stereocenters. The van der Waals surface area contributed by atoms with Crippen LogP contribution in [0.2, 0.25) is 0 Å². The summed E-state index contributed by atoms with van der Waals surface area (Å²) < 4.78 is 0. The molecule has 1 heterocycles. The monoisotopic (exact) mass is 352 g/mol. The van der Waals surface area contributed by atoms with E-state index in [-0.39, 0.29) is 0 Å². The fourth-order valence-corrected chi connectivity index (χ4v) is 2.92. The fourth-order valence-electron chi connectivity index (χ4n) is 2.92. The molecule has 2 amide bonds. The maximum absolute atomic E-state index is 12.3. The van der Waals surface area contributed by atoms with Crippen molar-refractivity contribution >= 4 is 28.9 Å². The highest BCUT2D eigenvalue weighted by Crippen LogP contribution is 2.18. The molecule has 2 aromatic rings. The first-order valence-corrected chi connectivity index (χ1v) is 8.90. The third-order valence-electron chi connectivity index (χ3n) is 4.51. The summed E-state index contributed by atoms with van der Waals surface area (Å²) in [6, 6.07) is 17.1. The minimum atomic E-state index is -0.585. The number of anilines is 3. The molecule has 0 radical (unpaired) electrons. The van der Waals surface area contributed by atoms with Gasteiger partial charge in [-0.2, -0.15) is 0 Å². The third-order valence-corrected chi connectivity index (χ3v) is 4.51. The predicted octanol–water partition coefficient (Wildman–Crippen LogP) is 2.53. The van der Waals surface area contributed by atoms with Crippen molar-refractivity contribution in [2.45, 2.75) is 6.92 Å². The number of likely N-dealkylation sites (N-methyl/N-ethyl adjacent to an activating group) is 1. The van der Waals surface area contributed by atoms with Gasteiger partial charge < -0.3 is 20.4 Å². The first-order chi connectivity index (χ1) is 12.7. The average molecular weight is 352 g/mol. The minimum absolute atomic E-state index is 0.466. The third kappa shape index (κ3) is 4.61. The Labute approximate surface area is 153 Å². The van der Waals surface area contributed by atoms with Crippen molar-refractivity contribution in [3.05, 3.63) is 54.6 Å². The number of hydrogen-bond acceptors (Lipinski definition) is 4. The number of carbonyl (C=O) groups excluding carboxylic acids is 2. The molecular formula is C20H24N4O2. The number of amides is 2. The lowest BCUT2D eigenvalue weighted by Crippen LogP contribution is -2.51. The van der Waals surface area contributed by atoms with Gasteiger partial charge in [0.1, 0.15) is 0 Å². The lowest BCUT2D eigenvalue weighted by atomic mass is 10.2. The van der Waals surface area contributed by atoms with Gasteiger partial charge in [-0.15, -0.1) is 0 Å². The smallest absolute Gasteiger partial charge is 0.313 e. The molecule has 6 heteroatoms. The summed E-state index contributed by atoms with van der Waals surface area (Å²) in [5, 5.41) is 5.96. The largest absolute Gasteiger partial charge is 0.356 e. The summed E-state index contributed by atoms with van der Waals surface area (Å²) >= 11 is 0. The number of benzene rings is 2. The molecular weight excluding hydrogens is 328 g/mol. The minimum Gasteiger partial charge on any atom is -0.356 e. The van der Waals surface area contributed by atoms with Gasteiger partial charge in [-0.3, -0.25) is 9.59 Å². The molecule has 26 heavy (non-hydrogen) atoms. The van der Waals surface area contributed by atoms with Gasteiger partial charge in [0.05, 0.1) is 0 Å². The molecule has 1 fully saturated rings. The van der Waals surface area contributed by atoms with Crippen molar-refractivity contribution in [2.24, 2.45) is 0 Å². The standard InChI is InChI=1S/C20H24N4O2/c1-2-23-12-14-24(15-13-23)20(26)19(25)22-18-10-8-17(9-11-18)21-16-6-4-3-5-7-16/h3-11,21H,2,12-15H2,1H3,(H,22,25). The van der Waals surface area contributed by atoms with Gasteiger partial charge >= 0.3 is 11.8 Å². The van der Waals surface area contributed by atoms with Crippen LogP contribution >= 0.6 is 0 Å². The van der Waals surface area contributed by atoms with E-state index in [4.69, 9.17) is 0 Å². The van der Waals surface area contributed by atoms with E-state index in [2.05, 4.69) is 22.5 Å². The number of nitrogens with one attached hydrogen (secondary N) is 2. The van der Waals surface area contributed by atoms with Crippen molar-refractivity contribution in [2.75, 3.05) is 43.4 Å². The zero-order chi connectivity index (χ0) is 18.4. The Bertz CT molecular complexity index is 738. The molecule has 2 N–H and O–H groups in total. The topological polar surface area (TPSA) is 64.7 Å². The SMILES string of the molecule is CCN1CCN(C(=O)C(=O)Nc2ccc(Nc3ccccc3)cc2)CC1. The van der Waals surface area contributed by atoms with Crippen LogP contribution in [0, 0.1) is 0 Å². The van der Waals surface area contributed by atoms with Crippen LogP contribution in [0.15, 0.2) is 54.6 Å². The number of nitrogens with zero attached hydrogens (tertiary/aromatic N) is 2. The highest BCUT2D eigenvalue weighted by Gasteiger charge is 2.25. The van der Waals surface area contributed by atoms with Crippen LogP contribution in [-0.4, -0.2) is 54.3 Å². The molecule has 1 aliphatic rings. The van der Waals surface area contributed by atoms with Crippen molar-refractivity contribution in [1.82, 2.24) is 9.80 Å². The first-order valence-electron chi connectivity index (χ1n) is 8.90. The van der Waals surface area contributed by atoms with Gasteiger partial charge in [0.25, 0.3) is 0 Å². The second-order valence-electron chi connectivity index (χ2n) is 6.25. The number of carbonyl (C=O) groups is 2. The van der Waals surface area contributed by atoms with Gasteiger partial charge in [0.2, 0.25) is 0 Å². The Morgan fingerprint density at radius 3 is 2.04 bits per heavy atom. The highest BCUT2D eigenvalue weighted by atomic mass is 16.2. The van der Waals surface area contributed by atoms with Gasteiger partial charge in [0.15, 0.2) is 0 Å². The molecule has 0 aromatic heterocycles. The number of rotatable bonds is 4. The van der Waals surface area contributed by atoms with Gasteiger partial charge in [0, 0.05) is 43.2 Å². The van der Waals surface area contributed by atoms with Crippen LogP contribution in [0.5, 0.6) is 0 Å². The Hall–Kier alpha value is -2.86. The summed E-state index contributed by atoms with van der Waals surface area (Å²) in [6.07, 6.45) is 0. The Morgan fingerprint density at radius 2 is 1.42 bits per heavy atom. The van der Waals surface area contributed by atoms with E-state index in [0.717, 1.165) is 31.0 Å². The molecule has 0 unspecified atom stereocenters. The van der Waals surface area contributed by atoms with Crippen molar-refractivity contribution in [1.29, 1.82) is 0 Å². The lowest BCUT2D eigenvalue weighted by molar-refractivity contribution is -0.144. The highest BCUT2D eigenvalue weighted by molar-refractivity contribution is 6.39. The zero-order valence-electron chi connectivity index (χ0n) is 14.9. The number of hydrogen-bond donors (Lipinski definition) is 2. The second kappa shape index (κ2) is 8.49. The van der Waals surface area contributed by atoms with Crippen LogP contribution in [-0.2, 0) is 9.59 Å². The van der Waals surface area contributed by atoms with Crippen LogP contribution < -0.4 is 10.6 Å². The van der Waals surface area contributed by atoms with E-state index in [1.54, 1.807) is 17.0 Å². The normalized spacial score (nSPS) is 14.7. The van der Waals surface area contributed by atoms with Gasteiger partial charge in [-0.25, -0.2) is 0 Å². The van der Waals surface area contributed by atoms with Crippen LogP contribution in [0.4, 0.5) is 17.1 Å². The number of para-hydroxylation sites is 1. The lowest BCUT2D eigenvalue weighted by Gasteiger charge is -2.33. The molecule has 1 aliphatic heterocycles. The van der Waals surface area contributed by atoms with Crippen LogP contribution in [0.25, 0.3) is 0 Å². The Kier molecular flexibility index (Phi) is 5.86. The second-order valence-corrected chi connectivity index (χ2v) is 6.25. The van der Waals surface area contributed by atoms with E-state index < -0.39 is 11.8 Å². The van der Waals surface area contributed by atoms with Crippen molar-refractivity contribution < 1.29 is 9.59 Å². The van der Waals surface area contributed by atoms with E-state index >= 15 is 0 Å². The van der Waals surface area contributed by atoms with Gasteiger partial charge in [-0.1, -0.05) is 25.1 Å². The summed E-state index contributed by atoms with van der Waals surface area (Å²) in [7, 11) is 0. The van der Waals surface area contributed by atoms with Crippen molar-refractivity contribution in [3.63, 3.8) is 0 Å². The summed E-state index contributed by atoms with van der Waals surface area (Å²) in [6.45, 7) is 5.89. The molecule has 136 valence electrons. The molecule has 1 saturated heterocycles. The van der Waals surface area contributed by atoms with E-state index in [0.29, 0.717) is 18.8 Å². The van der Waals surface area contributed by atoms with E-state index in [1.165, 1.54) is 0 Å². The van der Waals surface area contributed by atoms with Gasteiger partial charge in [-0.05, 0) is 42.9 Å². The maximum Gasteiger partial charge on any atom is 0.313 e. The van der Waals surface area contributed by atoms with Crippen LogP contribution in [0.3, 0.4) is 0 Å². The molecule has 0 saturated carbocycles. The summed E-state index contributed by atoms with van der Waals surface area (Å²) in [4.78, 5) is 28.4. The molecule has 0 aliphatic carbocycles. The Balaban J connectivity index is 1.53. The Morgan fingerprint density at radius 1 is 0.846 bits per heavy atom. The molecule has 0 bridgehead atoms.